The minimum absolute atomic E-state index is 0.106. The maximum atomic E-state index is 5.86. The van der Waals surface area contributed by atoms with E-state index in [9.17, 15) is 0 Å². The third-order valence-corrected chi connectivity index (χ3v) is 3.26. The highest BCUT2D eigenvalue weighted by molar-refractivity contribution is 9.09. The van der Waals surface area contributed by atoms with Crippen molar-refractivity contribution in [2.75, 3.05) is 11.9 Å². The normalized spacial score (nSPS) is 24.4. The zero-order valence-electron chi connectivity index (χ0n) is 9.18. The molecule has 14 heavy (non-hydrogen) atoms. The van der Waals surface area contributed by atoms with Crippen molar-refractivity contribution in [2.24, 2.45) is 0 Å². The summed E-state index contributed by atoms with van der Waals surface area (Å²) in [5.74, 6) is 0. The Kier molecular flexibility index (Phi) is 5.13. The average Bonchev–Trinajstić information content (AvgIpc) is 2.49. The third kappa shape index (κ3) is 3.07. The molecule has 0 aliphatic heterocycles. The SMILES string of the molecule is CCOC(CBr)OC1CCC(C)=C1C. The van der Waals surface area contributed by atoms with E-state index in [1.807, 2.05) is 6.92 Å². The first kappa shape index (κ1) is 12.2. The molecule has 0 aromatic rings. The van der Waals surface area contributed by atoms with Gasteiger partial charge in [-0.3, -0.25) is 0 Å². The van der Waals surface area contributed by atoms with E-state index in [-0.39, 0.29) is 12.4 Å². The lowest BCUT2D eigenvalue weighted by Crippen LogP contribution is -2.25. The lowest BCUT2D eigenvalue weighted by molar-refractivity contribution is -0.143. The van der Waals surface area contributed by atoms with Gasteiger partial charge in [-0.15, -0.1) is 0 Å². The van der Waals surface area contributed by atoms with E-state index in [2.05, 4.69) is 29.8 Å². The predicted molar refractivity (Wildman–Crippen MR) is 61.7 cm³/mol. The monoisotopic (exact) mass is 262 g/mol. The predicted octanol–water partition coefficient (Wildman–Crippen LogP) is 3.26. The Morgan fingerprint density at radius 3 is 2.64 bits per heavy atom. The smallest absolute Gasteiger partial charge is 0.167 e. The van der Waals surface area contributed by atoms with Crippen LogP contribution in [0.1, 0.15) is 33.6 Å². The summed E-state index contributed by atoms with van der Waals surface area (Å²) < 4.78 is 11.3. The van der Waals surface area contributed by atoms with Gasteiger partial charge in [0.1, 0.15) is 0 Å². The van der Waals surface area contributed by atoms with Crippen LogP contribution < -0.4 is 0 Å². The first-order chi connectivity index (χ1) is 6.69. The highest BCUT2D eigenvalue weighted by Crippen LogP contribution is 2.29. The van der Waals surface area contributed by atoms with Crippen LogP contribution in [-0.2, 0) is 9.47 Å². The van der Waals surface area contributed by atoms with E-state index in [1.54, 1.807) is 0 Å². The topological polar surface area (TPSA) is 18.5 Å². The van der Waals surface area contributed by atoms with Gasteiger partial charge in [0.25, 0.3) is 0 Å². The Bertz CT molecular complexity index is 213. The minimum Gasteiger partial charge on any atom is -0.352 e. The highest BCUT2D eigenvalue weighted by atomic mass is 79.9. The van der Waals surface area contributed by atoms with E-state index >= 15 is 0 Å². The molecule has 0 N–H and O–H groups in total. The first-order valence-corrected chi connectivity index (χ1v) is 6.30. The van der Waals surface area contributed by atoms with Crippen molar-refractivity contribution >= 4 is 15.9 Å². The standard InChI is InChI=1S/C11H19BrO2/c1-4-13-11(7-12)14-10-6-5-8(2)9(10)3/h10-11H,4-7H2,1-3H3. The van der Waals surface area contributed by atoms with Crippen LogP contribution in [0.25, 0.3) is 0 Å². The molecular weight excluding hydrogens is 244 g/mol. The molecule has 0 heterocycles. The molecule has 1 aliphatic rings. The molecule has 0 spiro atoms. The number of rotatable bonds is 5. The van der Waals surface area contributed by atoms with Crippen molar-refractivity contribution in [3.63, 3.8) is 0 Å². The molecule has 0 radical (unpaired) electrons. The molecule has 0 aromatic carbocycles. The van der Waals surface area contributed by atoms with E-state index < -0.39 is 0 Å². The second-order valence-corrected chi connectivity index (χ2v) is 4.31. The van der Waals surface area contributed by atoms with E-state index in [0.29, 0.717) is 6.61 Å². The quantitative estimate of drug-likeness (QED) is 0.430. The van der Waals surface area contributed by atoms with Crippen LogP contribution >= 0.6 is 15.9 Å². The van der Waals surface area contributed by atoms with Crippen LogP contribution in [0.5, 0.6) is 0 Å². The van der Waals surface area contributed by atoms with Crippen LogP contribution in [-0.4, -0.2) is 24.3 Å². The summed E-state index contributed by atoms with van der Waals surface area (Å²) in [5, 5.41) is 0.740. The Morgan fingerprint density at radius 2 is 2.21 bits per heavy atom. The van der Waals surface area contributed by atoms with Crippen molar-refractivity contribution in [2.45, 2.75) is 46.0 Å². The van der Waals surface area contributed by atoms with Gasteiger partial charge in [-0.1, -0.05) is 21.5 Å². The number of allylic oxidation sites excluding steroid dienone is 1. The molecular formula is C11H19BrO2. The Balaban J connectivity index is 2.43. The van der Waals surface area contributed by atoms with Crippen LogP contribution in [0.3, 0.4) is 0 Å². The summed E-state index contributed by atoms with van der Waals surface area (Å²) in [4.78, 5) is 0. The second-order valence-electron chi connectivity index (χ2n) is 3.67. The number of halogens is 1. The van der Waals surface area contributed by atoms with E-state index in [4.69, 9.17) is 9.47 Å². The lowest BCUT2D eigenvalue weighted by Gasteiger charge is -2.21. The van der Waals surface area contributed by atoms with Crippen molar-refractivity contribution in [3.8, 4) is 0 Å². The largest absolute Gasteiger partial charge is 0.352 e. The van der Waals surface area contributed by atoms with Crippen LogP contribution in [0.4, 0.5) is 0 Å². The number of ether oxygens (including phenoxy) is 2. The van der Waals surface area contributed by atoms with Gasteiger partial charge in [-0.25, -0.2) is 0 Å². The molecule has 1 rings (SSSR count). The number of alkyl halides is 1. The molecule has 0 saturated carbocycles. The Hall–Kier alpha value is 0.140. The second kappa shape index (κ2) is 5.89. The number of hydrogen-bond donors (Lipinski definition) is 0. The third-order valence-electron chi connectivity index (χ3n) is 2.73. The zero-order chi connectivity index (χ0) is 10.6. The first-order valence-electron chi connectivity index (χ1n) is 5.18. The fraction of sp³-hybridized carbons (Fsp3) is 0.818. The summed E-state index contributed by atoms with van der Waals surface area (Å²) in [5.41, 5.74) is 2.86. The molecule has 0 fully saturated rings. The summed E-state index contributed by atoms with van der Waals surface area (Å²) in [6.45, 7) is 7.03. The van der Waals surface area contributed by atoms with E-state index in [1.165, 1.54) is 11.1 Å². The lowest BCUT2D eigenvalue weighted by atomic mass is 10.2. The van der Waals surface area contributed by atoms with Gasteiger partial charge in [-0.2, -0.15) is 0 Å². The van der Waals surface area contributed by atoms with E-state index in [0.717, 1.165) is 18.2 Å². The summed E-state index contributed by atoms with van der Waals surface area (Å²) in [7, 11) is 0. The van der Waals surface area contributed by atoms with Gasteiger partial charge in [0.05, 0.1) is 11.4 Å². The fourth-order valence-electron chi connectivity index (χ4n) is 1.70. The van der Waals surface area contributed by atoms with Gasteiger partial charge in [0.2, 0.25) is 0 Å². The molecule has 3 heteroatoms. The van der Waals surface area contributed by atoms with Gasteiger partial charge in [0, 0.05) is 6.61 Å². The Labute approximate surface area is 94.8 Å². The van der Waals surface area contributed by atoms with Crippen LogP contribution in [0, 0.1) is 0 Å². The molecule has 0 bridgehead atoms. The molecule has 2 unspecified atom stereocenters. The maximum Gasteiger partial charge on any atom is 0.167 e. The van der Waals surface area contributed by atoms with Crippen molar-refractivity contribution in [3.05, 3.63) is 11.1 Å². The van der Waals surface area contributed by atoms with Crippen LogP contribution in [0.2, 0.25) is 0 Å². The van der Waals surface area contributed by atoms with Gasteiger partial charge >= 0.3 is 0 Å². The van der Waals surface area contributed by atoms with Crippen molar-refractivity contribution in [1.82, 2.24) is 0 Å². The zero-order valence-corrected chi connectivity index (χ0v) is 10.8. The molecule has 82 valence electrons. The van der Waals surface area contributed by atoms with Gasteiger partial charge in [0.15, 0.2) is 6.29 Å². The highest BCUT2D eigenvalue weighted by Gasteiger charge is 2.23. The van der Waals surface area contributed by atoms with Crippen LogP contribution in [0.15, 0.2) is 11.1 Å². The minimum atomic E-state index is -0.106. The van der Waals surface area contributed by atoms with Gasteiger partial charge in [-0.05, 0) is 39.2 Å². The fourth-order valence-corrected chi connectivity index (χ4v) is 2.04. The average molecular weight is 263 g/mol. The molecule has 0 amide bonds. The molecule has 0 aromatic heterocycles. The molecule has 1 aliphatic carbocycles. The van der Waals surface area contributed by atoms with Crippen molar-refractivity contribution in [1.29, 1.82) is 0 Å². The summed E-state index contributed by atoms with van der Waals surface area (Å²) in [6, 6.07) is 0. The maximum absolute atomic E-state index is 5.86. The Morgan fingerprint density at radius 1 is 1.50 bits per heavy atom. The molecule has 2 nitrogen and oxygen atoms in total. The molecule has 0 saturated heterocycles. The molecule has 2 atom stereocenters. The van der Waals surface area contributed by atoms with Gasteiger partial charge < -0.3 is 9.47 Å². The van der Waals surface area contributed by atoms with Crippen molar-refractivity contribution < 1.29 is 9.47 Å². The number of hydrogen-bond acceptors (Lipinski definition) is 2. The summed E-state index contributed by atoms with van der Waals surface area (Å²) >= 11 is 3.39. The summed E-state index contributed by atoms with van der Waals surface area (Å²) in [6.07, 6.45) is 2.43.